The van der Waals surface area contributed by atoms with E-state index in [0.717, 1.165) is 5.56 Å². The van der Waals surface area contributed by atoms with Gasteiger partial charge >= 0.3 is 0 Å². The maximum Gasteiger partial charge on any atom is 0.140 e. The summed E-state index contributed by atoms with van der Waals surface area (Å²) in [6.45, 7) is 0.450. The lowest BCUT2D eigenvalue weighted by Gasteiger charge is -2.06. The number of aromatic nitrogens is 1. The number of anilines is 1. The van der Waals surface area contributed by atoms with Crippen molar-refractivity contribution in [1.82, 2.24) is 4.98 Å². The fraction of sp³-hybridized carbons (Fsp3) is 0.0833. The molecule has 0 bridgehead atoms. The van der Waals surface area contributed by atoms with Crippen molar-refractivity contribution in [3.05, 3.63) is 53.3 Å². The summed E-state index contributed by atoms with van der Waals surface area (Å²) < 4.78 is 5.53. The first kappa shape index (κ1) is 10.8. The largest absolute Gasteiger partial charge is 0.487 e. The molecule has 0 fully saturated rings. The van der Waals surface area contributed by atoms with Crippen molar-refractivity contribution in [3.63, 3.8) is 0 Å². The van der Waals surface area contributed by atoms with Crippen LogP contribution >= 0.6 is 11.6 Å². The third-order valence-electron chi connectivity index (χ3n) is 2.03. The van der Waals surface area contributed by atoms with Crippen LogP contribution in [0.1, 0.15) is 5.56 Å². The zero-order valence-electron chi connectivity index (χ0n) is 8.56. The van der Waals surface area contributed by atoms with E-state index in [0.29, 0.717) is 23.1 Å². The second-order valence-corrected chi connectivity index (χ2v) is 3.81. The molecule has 3 nitrogen and oxygen atoms in total. The van der Waals surface area contributed by atoms with E-state index in [1.54, 1.807) is 18.5 Å². The maximum absolute atomic E-state index is 5.86. The lowest BCUT2D eigenvalue weighted by Crippen LogP contribution is -1.96. The number of hydrogen-bond acceptors (Lipinski definition) is 3. The molecule has 16 heavy (non-hydrogen) atoms. The zero-order valence-corrected chi connectivity index (χ0v) is 9.32. The molecule has 0 aliphatic heterocycles. The number of nitrogen functional groups attached to an aromatic ring is 1. The first-order chi connectivity index (χ1) is 7.74. The number of hydrogen-bond donors (Lipinski definition) is 1. The lowest BCUT2D eigenvalue weighted by atomic mass is 10.2. The highest BCUT2D eigenvalue weighted by Crippen LogP contribution is 2.16. The number of pyridine rings is 1. The summed E-state index contributed by atoms with van der Waals surface area (Å²) in [5.74, 6) is 0.653. The molecule has 2 N–H and O–H groups in total. The first-order valence-electron chi connectivity index (χ1n) is 4.82. The lowest BCUT2D eigenvalue weighted by molar-refractivity contribution is 0.305. The highest BCUT2D eigenvalue weighted by atomic mass is 35.5. The molecule has 2 aromatic rings. The molecular formula is C12H11ClN2O. The van der Waals surface area contributed by atoms with Crippen molar-refractivity contribution in [2.75, 3.05) is 5.73 Å². The van der Waals surface area contributed by atoms with Crippen molar-refractivity contribution in [2.45, 2.75) is 6.61 Å². The summed E-state index contributed by atoms with van der Waals surface area (Å²) in [5, 5.41) is 0.701. The van der Waals surface area contributed by atoms with Crippen LogP contribution in [0, 0.1) is 0 Å². The van der Waals surface area contributed by atoms with Crippen LogP contribution in [0.4, 0.5) is 5.69 Å². The van der Waals surface area contributed by atoms with Crippen LogP contribution in [0.3, 0.4) is 0 Å². The van der Waals surface area contributed by atoms with Gasteiger partial charge in [0.2, 0.25) is 0 Å². The Kier molecular flexibility index (Phi) is 3.27. The van der Waals surface area contributed by atoms with Crippen LogP contribution in [-0.2, 0) is 6.61 Å². The van der Waals surface area contributed by atoms with Gasteiger partial charge in [-0.05, 0) is 17.7 Å². The second-order valence-electron chi connectivity index (χ2n) is 3.37. The molecule has 4 heteroatoms. The summed E-state index contributed by atoms with van der Waals surface area (Å²) in [4.78, 5) is 3.94. The van der Waals surface area contributed by atoms with Crippen molar-refractivity contribution in [3.8, 4) is 5.75 Å². The smallest absolute Gasteiger partial charge is 0.140 e. The summed E-state index contributed by atoms with van der Waals surface area (Å²) >= 11 is 5.86. The number of halogens is 1. The molecule has 0 saturated heterocycles. The van der Waals surface area contributed by atoms with Gasteiger partial charge in [0.05, 0.1) is 18.1 Å². The Morgan fingerprint density at radius 3 is 2.88 bits per heavy atom. The Balaban J connectivity index is 2.02. The van der Waals surface area contributed by atoms with Gasteiger partial charge in [0.1, 0.15) is 12.4 Å². The van der Waals surface area contributed by atoms with E-state index in [4.69, 9.17) is 22.1 Å². The molecule has 0 unspecified atom stereocenters. The van der Waals surface area contributed by atoms with Crippen LogP contribution in [0.5, 0.6) is 5.75 Å². The van der Waals surface area contributed by atoms with Crippen molar-refractivity contribution < 1.29 is 4.74 Å². The average Bonchev–Trinajstić information content (AvgIpc) is 2.27. The molecule has 0 spiro atoms. The van der Waals surface area contributed by atoms with Crippen molar-refractivity contribution in [1.29, 1.82) is 0 Å². The molecule has 1 aromatic heterocycles. The molecular weight excluding hydrogens is 224 g/mol. The Morgan fingerprint density at radius 2 is 2.12 bits per heavy atom. The van der Waals surface area contributed by atoms with Gasteiger partial charge < -0.3 is 10.5 Å². The van der Waals surface area contributed by atoms with Gasteiger partial charge in [-0.1, -0.05) is 23.7 Å². The minimum atomic E-state index is 0.450. The van der Waals surface area contributed by atoms with E-state index in [1.165, 1.54) is 0 Å². The third-order valence-corrected chi connectivity index (χ3v) is 2.26. The predicted molar refractivity (Wildman–Crippen MR) is 64.4 cm³/mol. The SMILES string of the molecule is Nc1cncc(OCc2cccc(Cl)c2)c1. The topological polar surface area (TPSA) is 48.1 Å². The van der Waals surface area contributed by atoms with E-state index in [-0.39, 0.29) is 0 Å². The minimum absolute atomic E-state index is 0.450. The summed E-state index contributed by atoms with van der Waals surface area (Å²) in [7, 11) is 0. The van der Waals surface area contributed by atoms with Gasteiger partial charge in [-0.3, -0.25) is 4.98 Å². The van der Waals surface area contributed by atoms with E-state index in [9.17, 15) is 0 Å². The van der Waals surface area contributed by atoms with Crippen LogP contribution in [0.15, 0.2) is 42.7 Å². The maximum atomic E-state index is 5.86. The highest BCUT2D eigenvalue weighted by molar-refractivity contribution is 6.30. The van der Waals surface area contributed by atoms with Gasteiger partial charge in [-0.25, -0.2) is 0 Å². The monoisotopic (exact) mass is 234 g/mol. The van der Waals surface area contributed by atoms with E-state index in [1.807, 2.05) is 24.3 Å². The molecule has 0 saturated carbocycles. The predicted octanol–water partition coefficient (Wildman–Crippen LogP) is 2.90. The Bertz CT molecular complexity index is 442. The average molecular weight is 235 g/mol. The van der Waals surface area contributed by atoms with Gasteiger partial charge in [0.25, 0.3) is 0 Å². The molecule has 0 atom stereocenters. The fourth-order valence-electron chi connectivity index (χ4n) is 1.31. The van der Waals surface area contributed by atoms with Gasteiger partial charge in [-0.15, -0.1) is 0 Å². The van der Waals surface area contributed by atoms with Crippen LogP contribution in [0.25, 0.3) is 0 Å². The van der Waals surface area contributed by atoms with Gasteiger partial charge in [-0.2, -0.15) is 0 Å². The number of nitrogens with two attached hydrogens (primary N) is 1. The molecule has 1 aromatic carbocycles. The number of rotatable bonds is 3. The van der Waals surface area contributed by atoms with Crippen LogP contribution in [-0.4, -0.2) is 4.98 Å². The molecule has 1 heterocycles. The summed E-state index contributed by atoms with van der Waals surface area (Å²) in [5.41, 5.74) is 7.18. The molecule has 82 valence electrons. The second kappa shape index (κ2) is 4.86. The number of ether oxygens (including phenoxy) is 1. The molecule has 2 rings (SSSR count). The van der Waals surface area contributed by atoms with Gasteiger partial charge in [0.15, 0.2) is 0 Å². The highest BCUT2D eigenvalue weighted by Gasteiger charge is 1.97. The molecule has 0 radical (unpaired) electrons. The van der Waals surface area contributed by atoms with E-state index >= 15 is 0 Å². The normalized spacial score (nSPS) is 10.1. The van der Waals surface area contributed by atoms with E-state index in [2.05, 4.69) is 4.98 Å². The fourth-order valence-corrected chi connectivity index (χ4v) is 1.52. The first-order valence-corrected chi connectivity index (χ1v) is 5.19. The molecule has 0 amide bonds. The molecule has 0 aliphatic carbocycles. The molecule has 0 aliphatic rings. The van der Waals surface area contributed by atoms with Crippen LogP contribution < -0.4 is 10.5 Å². The summed E-state index contributed by atoms with van der Waals surface area (Å²) in [6, 6.07) is 9.26. The summed E-state index contributed by atoms with van der Waals surface area (Å²) in [6.07, 6.45) is 3.20. The Hall–Kier alpha value is -1.74. The standard InChI is InChI=1S/C12H11ClN2O/c13-10-3-1-2-9(4-10)8-16-12-5-11(14)6-15-7-12/h1-7H,8,14H2. The minimum Gasteiger partial charge on any atom is -0.487 e. The van der Waals surface area contributed by atoms with Gasteiger partial charge in [0, 0.05) is 11.1 Å². The zero-order chi connectivity index (χ0) is 11.4. The number of nitrogens with zero attached hydrogens (tertiary/aromatic N) is 1. The van der Waals surface area contributed by atoms with Crippen molar-refractivity contribution >= 4 is 17.3 Å². The third kappa shape index (κ3) is 2.87. The van der Waals surface area contributed by atoms with Crippen LogP contribution in [0.2, 0.25) is 5.02 Å². The Morgan fingerprint density at radius 1 is 1.25 bits per heavy atom. The van der Waals surface area contributed by atoms with Crippen molar-refractivity contribution in [2.24, 2.45) is 0 Å². The Labute approximate surface area is 98.8 Å². The number of benzene rings is 1. The van der Waals surface area contributed by atoms with E-state index < -0.39 is 0 Å². The quantitative estimate of drug-likeness (QED) is 0.888.